The minimum Gasteiger partial charge on any atom is -0.456 e. The zero-order valence-electron chi connectivity index (χ0n) is 27.9. The van der Waals surface area contributed by atoms with Crippen LogP contribution in [0.5, 0.6) is 0 Å². The molecule has 0 atom stereocenters. The summed E-state index contributed by atoms with van der Waals surface area (Å²) < 4.78 is 12.6. The van der Waals surface area contributed by atoms with Crippen LogP contribution in [0.4, 0.5) is 0 Å². The molecule has 0 bridgehead atoms. The van der Waals surface area contributed by atoms with E-state index in [0.717, 1.165) is 83.2 Å². The van der Waals surface area contributed by atoms with Crippen LogP contribution in [0.2, 0.25) is 0 Å². The topological polar surface area (TPSA) is 26.3 Å². The van der Waals surface area contributed by atoms with E-state index in [2.05, 4.69) is 164 Å². The van der Waals surface area contributed by atoms with E-state index in [1.165, 1.54) is 27.3 Å². The van der Waals surface area contributed by atoms with Gasteiger partial charge in [0.05, 0.1) is 0 Å². The van der Waals surface area contributed by atoms with E-state index in [0.29, 0.717) is 0 Å². The van der Waals surface area contributed by atoms with Crippen LogP contribution in [-0.4, -0.2) is 0 Å². The summed E-state index contributed by atoms with van der Waals surface area (Å²) in [5.41, 5.74) is 11.6. The van der Waals surface area contributed by atoms with Gasteiger partial charge in [-0.1, -0.05) is 134 Å². The Morgan fingerprint density at radius 1 is 0.451 bits per heavy atom. The minimum atomic E-state index is 0.786. The van der Waals surface area contributed by atoms with Crippen molar-refractivity contribution in [2.45, 2.75) is 6.42 Å². The fourth-order valence-corrected chi connectivity index (χ4v) is 7.83. The molecule has 1 aliphatic rings. The molecule has 2 nitrogen and oxygen atoms in total. The van der Waals surface area contributed by atoms with Gasteiger partial charge < -0.3 is 8.83 Å². The molecule has 0 amide bonds. The van der Waals surface area contributed by atoms with Crippen LogP contribution < -0.4 is 10.4 Å². The van der Waals surface area contributed by atoms with Crippen LogP contribution in [0.1, 0.15) is 17.5 Å². The summed E-state index contributed by atoms with van der Waals surface area (Å²) in [5, 5.41) is 9.15. The van der Waals surface area contributed by atoms with Gasteiger partial charge in [0, 0.05) is 26.9 Å². The summed E-state index contributed by atoms with van der Waals surface area (Å²) in [5.74, 6) is 0. The molecule has 0 radical (unpaired) electrons. The van der Waals surface area contributed by atoms with Crippen LogP contribution in [0.15, 0.2) is 191 Å². The number of hydrogen-bond donors (Lipinski definition) is 0. The zero-order chi connectivity index (χ0) is 33.9. The van der Waals surface area contributed by atoms with Gasteiger partial charge in [0.2, 0.25) is 0 Å². The van der Waals surface area contributed by atoms with Gasteiger partial charge in [0.25, 0.3) is 0 Å². The van der Waals surface area contributed by atoms with Gasteiger partial charge in [-0.2, -0.15) is 0 Å². The first-order valence-corrected chi connectivity index (χ1v) is 17.4. The number of para-hydroxylation sites is 1. The summed E-state index contributed by atoms with van der Waals surface area (Å²) >= 11 is 0. The van der Waals surface area contributed by atoms with Gasteiger partial charge >= 0.3 is 0 Å². The van der Waals surface area contributed by atoms with Gasteiger partial charge in [-0.25, -0.2) is 0 Å². The van der Waals surface area contributed by atoms with Gasteiger partial charge in [-0.15, -0.1) is 0 Å². The Kier molecular flexibility index (Phi) is 6.75. The molecule has 51 heavy (non-hydrogen) atoms. The molecule has 0 aliphatic heterocycles. The first kappa shape index (κ1) is 29.3. The highest BCUT2D eigenvalue weighted by molar-refractivity contribution is 6.15. The Morgan fingerprint density at radius 2 is 1.14 bits per heavy atom. The van der Waals surface area contributed by atoms with Crippen molar-refractivity contribution in [3.05, 3.63) is 204 Å². The normalized spacial score (nSPS) is 15.9. The Labute approximate surface area is 294 Å². The molecule has 0 unspecified atom stereocenters. The summed E-state index contributed by atoms with van der Waals surface area (Å²) in [6.07, 6.45) is 9.39. The van der Waals surface area contributed by atoms with E-state index < -0.39 is 0 Å². The Balaban J connectivity index is 1.19. The molecular formula is C49H32O2. The predicted octanol–water partition coefficient (Wildman–Crippen LogP) is 11.8. The smallest absolute Gasteiger partial charge is 0.143 e. The fraction of sp³-hybridized carbons (Fsp3) is 0.0204. The molecule has 0 spiro atoms. The number of fused-ring (bicyclic) bond motifs is 9. The van der Waals surface area contributed by atoms with E-state index >= 15 is 0 Å². The lowest BCUT2D eigenvalue weighted by molar-refractivity contribution is 0.669. The highest BCUT2D eigenvalue weighted by Crippen LogP contribution is 2.37. The summed E-state index contributed by atoms with van der Waals surface area (Å²) in [4.78, 5) is 0. The van der Waals surface area contributed by atoms with Crippen LogP contribution in [0.3, 0.4) is 0 Å². The second-order valence-electron chi connectivity index (χ2n) is 13.3. The molecule has 10 rings (SSSR count). The molecule has 7 aromatic carbocycles. The maximum absolute atomic E-state index is 6.48. The van der Waals surface area contributed by atoms with E-state index in [9.17, 15) is 0 Å². The number of rotatable bonds is 3. The third-order valence-corrected chi connectivity index (χ3v) is 10.3. The fourth-order valence-electron chi connectivity index (χ4n) is 7.83. The molecule has 240 valence electrons. The highest BCUT2D eigenvalue weighted by atomic mass is 16.3. The quantitative estimate of drug-likeness (QED) is 0.190. The van der Waals surface area contributed by atoms with Crippen molar-refractivity contribution in [2.75, 3.05) is 0 Å². The molecule has 1 aliphatic carbocycles. The largest absolute Gasteiger partial charge is 0.456 e. The molecular weight excluding hydrogens is 621 g/mol. The monoisotopic (exact) mass is 652 g/mol. The van der Waals surface area contributed by atoms with Gasteiger partial charge in [0.1, 0.15) is 22.3 Å². The molecule has 9 aromatic rings. The highest BCUT2D eigenvalue weighted by Gasteiger charge is 2.16. The van der Waals surface area contributed by atoms with Crippen molar-refractivity contribution >= 4 is 65.8 Å². The van der Waals surface area contributed by atoms with Crippen molar-refractivity contribution in [1.82, 2.24) is 0 Å². The standard InChI is InChI=1S/C49H32O2/c1-31-12-3-2-4-16-37(35-15-11-14-33(28-35)34-23-26-46-43(29-34)40-19-9-10-21-45(40)50-46)39-18-7-8-20-41(39)48(31)36-24-27-47-44(30-36)42-25-22-32-13-5-6-17-38(32)49(42)51-47/h2-15,17-30H,1,16H2/b4-2-,12-3-,39-37+,48-41?. The van der Waals surface area contributed by atoms with Gasteiger partial charge in [0.15, 0.2) is 0 Å². The number of hydrogen-bond acceptors (Lipinski definition) is 2. The first-order valence-electron chi connectivity index (χ1n) is 17.4. The molecule has 2 heteroatoms. The van der Waals surface area contributed by atoms with Crippen LogP contribution in [-0.2, 0) is 0 Å². The maximum atomic E-state index is 6.48. The Hall–Kier alpha value is -6.64. The zero-order valence-corrected chi connectivity index (χ0v) is 27.9. The average Bonchev–Trinajstić information content (AvgIpc) is 3.75. The van der Waals surface area contributed by atoms with Crippen molar-refractivity contribution in [3.8, 4) is 11.1 Å². The van der Waals surface area contributed by atoms with Crippen molar-refractivity contribution in [2.24, 2.45) is 0 Å². The van der Waals surface area contributed by atoms with E-state index in [1.54, 1.807) is 0 Å². The van der Waals surface area contributed by atoms with E-state index in [4.69, 9.17) is 8.83 Å². The van der Waals surface area contributed by atoms with Gasteiger partial charge in [-0.05, 0) is 104 Å². The minimum absolute atomic E-state index is 0.786. The average molecular weight is 653 g/mol. The van der Waals surface area contributed by atoms with Crippen molar-refractivity contribution in [3.63, 3.8) is 0 Å². The molecule has 0 saturated heterocycles. The summed E-state index contributed by atoms with van der Waals surface area (Å²) in [6.45, 7) is 4.61. The lowest BCUT2D eigenvalue weighted by Crippen LogP contribution is -2.30. The summed E-state index contributed by atoms with van der Waals surface area (Å²) in [6, 6.07) is 51.8. The second kappa shape index (κ2) is 11.8. The lowest BCUT2D eigenvalue weighted by Gasteiger charge is -2.14. The van der Waals surface area contributed by atoms with Crippen LogP contribution in [0.25, 0.3) is 76.9 Å². The molecule has 2 heterocycles. The van der Waals surface area contributed by atoms with Crippen LogP contribution in [0, 0.1) is 0 Å². The predicted molar refractivity (Wildman–Crippen MR) is 213 cm³/mol. The number of furan rings is 2. The van der Waals surface area contributed by atoms with E-state index in [1.807, 2.05) is 12.1 Å². The molecule has 2 aromatic heterocycles. The van der Waals surface area contributed by atoms with Crippen molar-refractivity contribution in [1.29, 1.82) is 0 Å². The van der Waals surface area contributed by atoms with Crippen molar-refractivity contribution < 1.29 is 8.83 Å². The number of benzene rings is 7. The molecule has 0 fully saturated rings. The first-order chi connectivity index (χ1) is 25.2. The maximum Gasteiger partial charge on any atom is 0.143 e. The van der Waals surface area contributed by atoms with E-state index in [-0.39, 0.29) is 0 Å². The lowest BCUT2D eigenvalue weighted by atomic mass is 9.90. The third-order valence-electron chi connectivity index (χ3n) is 10.3. The molecule has 0 N–H and O–H groups in total. The third kappa shape index (κ3) is 4.87. The Morgan fingerprint density at radius 3 is 2.06 bits per heavy atom. The van der Waals surface area contributed by atoms with Gasteiger partial charge in [-0.3, -0.25) is 0 Å². The number of allylic oxidation sites excluding steroid dienone is 5. The Bertz CT molecular complexity index is 3070. The SMILES string of the molecule is C=C1/C=C\C=C/C/C(c2cccc(-c3ccc4oc5ccccc5c4c3)c2)=c2/ccccc2=C1c1ccc2oc3c4ccccc4ccc3c2c1. The van der Waals surface area contributed by atoms with Crippen LogP contribution >= 0.6 is 0 Å². The summed E-state index contributed by atoms with van der Waals surface area (Å²) in [7, 11) is 0. The molecule has 0 saturated carbocycles. The second-order valence-corrected chi connectivity index (χ2v) is 13.3.